The van der Waals surface area contributed by atoms with Crippen molar-refractivity contribution in [1.82, 2.24) is 20.1 Å². The lowest BCUT2D eigenvalue weighted by Gasteiger charge is -2.31. The number of nitrogens with one attached hydrogen (secondary N) is 1. The molecule has 3 unspecified atom stereocenters. The van der Waals surface area contributed by atoms with Crippen LogP contribution in [-0.2, 0) is 30.3 Å². The van der Waals surface area contributed by atoms with Crippen molar-refractivity contribution in [2.24, 2.45) is 11.7 Å². The van der Waals surface area contributed by atoms with Crippen LogP contribution >= 0.6 is 36.9 Å². The summed E-state index contributed by atoms with van der Waals surface area (Å²) in [5.74, 6) is -0.251. The van der Waals surface area contributed by atoms with Gasteiger partial charge in [-0.15, -0.1) is 11.8 Å². The van der Waals surface area contributed by atoms with Crippen LogP contribution in [0.25, 0.3) is 11.1 Å². The number of carbonyl (C=O) groups is 3. The SMILES string of the molecule is CC1CN(C(=O)COCCOCCN)CCN1.Cc1cc(Cl)cc(-c2ccnc3c2SC(CN2C(=O)CC(C)C2=O)C3)c1C.S. The van der Waals surface area contributed by atoms with Gasteiger partial charge in [0.15, 0.2) is 0 Å². The number of thioether (sulfide) groups is 1. The molecule has 3 aliphatic heterocycles. The highest BCUT2D eigenvalue weighted by molar-refractivity contribution is 8.00. The largest absolute Gasteiger partial charge is 0.378 e. The van der Waals surface area contributed by atoms with Gasteiger partial charge in [-0.05, 0) is 61.2 Å². The molecule has 248 valence electrons. The van der Waals surface area contributed by atoms with Crippen LogP contribution in [0.1, 0.15) is 37.1 Å². The maximum atomic E-state index is 12.2. The molecule has 0 spiro atoms. The second kappa shape index (κ2) is 17.7. The molecule has 2 aromatic rings. The number of aryl methyl sites for hydroxylation is 1. The number of likely N-dealkylation sites (tertiary alicyclic amines) is 1. The number of ether oxygens (including phenoxy) is 2. The third-order valence-corrected chi connectivity index (χ3v) is 9.60. The third-order valence-electron chi connectivity index (χ3n) is 8.04. The number of nitrogens with zero attached hydrogens (tertiary/aromatic N) is 3. The molecule has 0 saturated carbocycles. The van der Waals surface area contributed by atoms with Gasteiger partial charge in [-0.3, -0.25) is 24.3 Å². The quantitative estimate of drug-likeness (QED) is 0.287. The minimum atomic E-state index is -0.197. The highest BCUT2D eigenvalue weighted by atomic mass is 35.5. The highest BCUT2D eigenvalue weighted by Gasteiger charge is 2.38. The molecule has 3 amide bonds. The van der Waals surface area contributed by atoms with Crippen LogP contribution in [0.2, 0.25) is 5.02 Å². The predicted molar refractivity (Wildman–Crippen MR) is 183 cm³/mol. The number of nitrogens with two attached hydrogens (primary N) is 1. The van der Waals surface area contributed by atoms with E-state index in [1.807, 2.05) is 36.2 Å². The zero-order valence-electron chi connectivity index (χ0n) is 26.6. The van der Waals surface area contributed by atoms with Crippen molar-refractivity contribution in [3.8, 4) is 11.1 Å². The van der Waals surface area contributed by atoms with Crippen LogP contribution in [0.5, 0.6) is 0 Å². The number of halogens is 1. The van der Waals surface area contributed by atoms with Crippen molar-refractivity contribution in [2.75, 3.05) is 59.2 Å². The van der Waals surface area contributed by atoms with Crippen molar-refractivity contribution in [3.05, 3.63) is 46.2 Å². The second-order valence-corrected chi connectivity index (χ2v) is 13.3. The first-order valence-electron chi connectivity index (χ1n) is 15.2. The monoisotopic (exact) mass is 679 g/mol. The lowest BCUT2D eigenvalue weighted by Crippen LogP contribution is -2.52. The van der Waals surface area contributed by atoms with Crippen LogP contribution in [-0.4, -0.2) is 103 Å². The first kappa shape index (κ1) is 37.3. The Kier molecular flexibility index (Phi) is 14.6. The summed E-state index contributed by atoms with van der Waals surface area (Å²) >= 11 is 8.03. The Labute approximate surface area is 282 Å². The van der Waals surface area contributed by atoms with Crippen LogP contribution in [0.3, 0.4) is 0 Å². The molecule has 0 bridgehead atoms. The van der Waals surface area contributed by atoms with Gasteiger partial charge in [0.25, 0.3) is 0 Å². The van der Waals surface area contributed by atoms with Crippen LogP contribution in [0, 0.1) is 19.8 Å². The van der Waals surface area contributed by atoms with Gasteiger partial charge in [-0.2, -0.15) is 13.5 Å². The third kappa shape index (κ3) is 9.90. The van der Waals surface area contributed by atoms with Gasteiger partial charge >= 0.3 is 0 Å². The first-order chi connectivity index (χ1) is 21.1. The number of piperazine rings is 1. The molecule has 3 N–H and O–H groups in total. The van der Waals surface area contributed by atoms with Gasteiger partial charge < -0.3 is 25.4 Å². The van der Waals surface area contributed by atoms with E-state index in [4.69, 9.17) is 26.8 Å². The number of pyridine rings is 1. The highest BCUT2D eigenvalue weighted by Crippen LogP contribution is 2.44. The molecule has 13 heteroatoms. The van der Waals surface area contributed by atoms with E-state index in [0.29, 0.717) is 45.4 Å². The minimum absolute atomic E-state index is 0. The van der Waals surface area contributed by atoms with Crippen molar-refractivity contribution in [1.29, 1.82) is 0 Å². The van der Waals surface area contributed by atoms with E-state index >= 15 is 0 Å². The number of hydrogen-bond acceptors (Lipinski definition) is 9. The van der Waals surface area contributed by atoms with E-state index in [-0.39, 0.29) is 49.0 Å². The molecule has 10 nitrogen and oxygen atoms in total. The summed E-state index contributed by atoms with van der Waals surface area (Å²) in [6, 6.07) is 6.37. The zero-order chi connectivity index (χ0) is 31.8. The summed E-state index contributed by atoms with van der Waals surface area (Å²) in [5.41, 5.74) is 10.9. The lowest BCUT2D eigenvalue weighted by atomic mass is 9.97. The number of benzene rings is 1. The minimum Gasteiger partial charge on any atom is -0.378 e. The van der Waals surface area contributed by atoms with Gasteiger partial charge in [-0.25, -0.2) is 0 Å². The molecule has 5 rings (SSSR count). The molecule has 45 heavy (non-hydrogen) atoms. The standard InChI is InChI=1S/C21H21ClN2O2S.C11H23N3O3.H2S/c1-11-6-14(22)8-17(13(11)3)16-4-5-23-18-9-15(27-20(16)18)10-24-19(25)7-12(2)21(24)26;1-10-8-14(4-3-13-10)11(15)9-17-7-6-16-5-2-12;/h4-6,8,12,15H,7,9-10H2,1-3H3;10,13H,2-9,12H2,1H3;1H2. The van der Waals surface area contributed by atoms with Crippen LogP contribution < -0.4 is 11.1 Å². The summed E-state index contributed by atoms with van der Waals surface area (Å²) in [6.45, 7) is 13.0. The Hall–Kier alpha value is -2.19. The Balaban J connectivity index is 0.000000267. The van der Waals surface area contributed by atoms with E-state index in [9.17, 15) is 14.4 Å². The van der Waals surface area contributed by atoms with Gasteiger partial charge in [0.2, 0.25) is 17.7 Å². The molecular weight excluding hydrogens is 634 g/mol. The average molecular weight is 680 g/mol. The predicted octanol–water partition coefficient (Wildman–Crippen LogP) is 3.34. The zero-order valence-corrected chi connectivity index (χ0v) is 29.1. The van der Waals surface area contributed by atoms with Gasteiger partial charge in [0.05, 0.1) is 25.5 Å². The molecule has 3 atom stereocenters. The fraction of sp³-hybridized carbons (Fsp3) is 0.562. The van der Waals surface area contributed by atoms with E-state index in [1.165, 1.54) is 10.5 Å². The van der Waals surface area contributed by atoms with Crippen molar-refractivity contribution in [2.45, 2.75) is 56.7 Å². The Morgan fingerprint density at radius 3 is 2.58 bits per heavy atom. The van der Waals surface area contributed by atoms with Crippen LogP contribution in [0.4, 0.5) is 0 Å². The first-order valence-corrected chi connectivity index (χ1v) is 16.5. The molecule has 1 aromatic heterocycles. The Morgan fingerprint density at radius 2 is 1.89 bits per heavy atom. The number of hydrogen-bond donors (Lipinski definition) is 2. The average Bonchev–Trinajstić information content (AvgIpc) is 3.52. The Morgan fingerprint density at radius 1 is 1.13 bits per heavy atom. The van der Waals surface area contributed by atoms with Gasteiger partial charge in [0, 0.05) is 78.9 Å². The van der Waals surface area contributed by atoms with E-state index in [2.05, 4.69) is 31.1 Å². The van der Waals surface area contributed by atoms with Crippen LogP contribution in [0.15, 0.2) is 29.3 Å². The number of rotatable bonds is 10. The molecule has 0 aliphatic carbocycles. The Bertz CT molecular complexity index is 1350. The smallest absolute Gasteiger partial charge is 0.248 e. The normalized spacial score (nSPS) is 20.9. The number of fused-ring (bicyclic) bond motifs is 1. The van der Waals surface area contributed by atoms with E-state index < -0.39 is 0 Å². The molecule has 4 heterocycles. The van der Waals surface area contributed by atoms with Gasteiger partial charge in [0.1, 0.15) is 6.61 Å². The topological polar surface area (TPSA) is 127 Å². The maximum Gasteiger partial charge on any atom is 0.248 e. The molecule has 3 aliphatic rings. The second-order valence-electron chi connectivity index (χ2n) is 11.6. The summed E-state index contributed by atoms with van der Waals surface area (Å²) in [5, 5.41) is 4.16. The molecule has 0 radical (unpaired) electrons. The van der Waals surface area contributed by atoms with Crippen molar-refractivity contribution < 1.29 is 23.9 Å². The summed E-state index contributed by atoms with van der Waals surface area (Å²) in [4.78, 5) is 45.1. The fourth-order valence-corrected chi connectivity index (χ4v) is 7.21. The summed E-state index contributed by atoms with van der Waals surface area (Å²) < 4.78 is 10.4. The fourth-order valence-electron chi connectivity index (χ4n) is 5.56. The van der Waals surface area contributed by atoms with Gasteiger partial charge in [-0.1, -0.05) is 18.5 Å². The number of aromatic nitrogens is 1. The molecule has 1 aromatic carbocycles. The molecule has 2 saturated heterocycles. The van der Waals surface area contributed by atoms with Crippen molar-refractivity contribution >= 4 is 54.6 Å². The summed E-state index contributed by atoms with van der Waals surface area (Å²) in [6.07, 6.45) is 2.92. The van der Waals surface area contributed by atoms with E-state index in [1.54, 1.807) is 11.8 Å². The molecular formula is C32H46ClN5O5S2. The molecule has 2 fully saturated rings. The number of amides is 3. The number of carbonyl (C=O) groups excluding carboxylic acids is 3. The maximum absolute atomic E-state index is 12.2. The number of imide groups is 1. The summed E-state index contributed by atoms with van der Waals surface area (Å²) in [7, 11) is 0. The lowest BCUT2D eigenvalue weighted by molar-refractivity contribution is -0.139. The van der Waals surface area contributed by atoms with Crippen molar-refractivity contribution in [3.63, 3.8) is 0 Å². The van der Waals surface area contributed by atoms with E-state index in [0.717, 1.165) is 58.4 Å².